The average Bonchev–Trinajstić information content (AvgIpc) is 3.41. The summed E-state index contributed by atoms with van der Waals surface area (Å²) in [6.45, 7) is 3.18. The zero-order chi connectivity index (χ0) is 23.7. The van der Waals surface area contributed by atoms with Crippen LogP contribution in [0.2, 0.25) is 0 Å². The summed E-state index contributed by atoms with van der Waals surface area (Å²) < 4.78 is 27.4. The fourth-order valence-corrected chi connectivity index (χ4v) is 4.53. The molecule has 4 heterocycles. The maximum Gasteiger partial charge on any atom is 0.255 e. The van der Waals surface area contributed by atoms with Gasteiger partial charge in [0, 0.05) is 50.8 Å². The van der Waals surface area contributed by atoms with Gasteiger partial charge in [0.05, 0.1) is 37.7 Å². The van der Waals surface area contributed by atoms with E-state index >= 15 is 0 Å². The van der Waals surface area contributed by atoms with Gasteiger partial charge in [-0.1, -0.05) is 12.1 Å². The molecule has 2 atom stereocenters. The SMILES string of the molecule is CN(c1ccc([C@H]2CN(c3nc(-c4ccncc4F)cc(=O)n3C)CCO2)cc1)[C@H]1CCOC1. The molecule has 8 nitrogen and oxygen atoms in total. The Morgan fingerprint density at radius 1 is 1.18 bits per heavy atom. The van der Waals surface area contributed by atoms with E-state index in [9.17, 15) is 9.18 Å². The molecule has 2 aliphatic heterocycles. The number of hydrogen-bond donors (Lipinski definition) is 0. The quantitative estimate of drug-likeness (QED) is 0.574. The molecule has 1 aromatic carbocycles. The number of nitrogens with zero attached hydrogens (tertiary/aromatic N) is 5. The first-order valence-electron chi connectivity index (χ1n) is 11.5. The second-order valence-corrected chi connectivity index (χ2v) is 8.72. The third-order valence-corrected chi connectivity index (χ3v) is 6.63. The van der Waals surface area contributed by atoms with Crippen LogP contribution >= 0.6 is 0 Å². The van der Waals surface area contributed by atoms with E-state index in [2.05, 4.69) is 46.2 Å². The molecule has 178 valence electrons. The predicted octanol–water partition coefficient (Wildman–Crippen LogP) is 2.78. The topological polar surface area (TPSA) is 72.7 Å². The van der Waals surface area contributed by atoms with Gasteiger partial charge < -0.3 is 19.3 Å². The monoisotopic (exact) mass is 465 g/mol. The highest BCUT2D eigenvalue weighted by atomic mass is 19.1. The predicted molar refractivity (Wildman–Crippen MR) is 128 cm³/mol. The first-order valence-corrected chi connectivity index (χ1v) is 11.5. The number of halogens is 1. The molecule has 0 amide bonds. The van der Waals surface area contributed by atoms with Crippen molar-refractivity contribution < 1.29 is 13.9 Å². The van der Waals surface area contributed by atoms with E-state index in [-0.39, 0.29) is 17.2 Å². The molecule has 2 aromatic heterocycles. The summed E-state index contributed by atoms with van der Waals surface area (Å²) in [6, 6.07) is 11.7. The van der Waals surface area contributed by atoms with Crippen molar-refractivity contribution >= 4 is 11.6 Å². The van der Waals surface area contributed by atoms with Gasteiger partial charge in [0.25, 0.3) is 5.56 Å². The highest BCUT2D eigenvalue weighted by Gasteiger charge is 2.26. The fraction of sp³-hybridized carbons (Fsp3) is 0.400. The van der Waals surface area contributed by atoms with Crippen molar-refractivity contribution in [1.82, 2.24) is 14.5 Å². The molecule has 3 aromatic rings. The lowest BCUT2D eigenvalue weighted by Gasteiger charge is -2.35. The second kappa shape index (κ2) is 9.52. The lowest BCUT2D eigenvalue weighted by atomic mass is 10.1. The number of hydrogen-bond acceptors (Lipinski definition) is 7. The largest absolute Gasteiger partial charge is 0.379 e. The summed E-state index contributed by atoms with van der Waals surface area (Å²) in [6.07, 6.45) is 3.48. The van der Waals surface area contributed by atoms with Crippen molar-refractivity contribution in [3.8, 4) is 11.3 Å². The van der Waals surface area contributed by atoms with Crippen LogP contribution in [-0.4, -0.2) is 60.5 Å². The Kier molecular flexibility index (Phi) is 6.30. The molecule has 9 heteroatoms. The smallest absolute Gasteiger partial charge is 0.255 e. The van der Waals surface area contributed by atoms with Crippen molar-refractivity contribution in [2.45, 2.75) is 18.6 Å². The first-order chi connectivity index (χ1) is 16.5. The van der Waals surface area contributed by atoms with Gasteiger partial charge in [-0.3, -0.25) is 14.3 Å². The van der Waals surface area contributed by atoms with Crippen LogP contribution < -0.4 is 15.4 Å². The Hall–Kier alpha value is -3.30. The maximum absolute atomic E-state index is 14.3. The summed E-state index contributed by atoms with van der Waals surface area (Å²) in [5.74, 6) is -0.0205. The van der Waals surface area contributed by atoms with E-state index in [1.54, 1.807) is 7.05 Å². The van der Waals surface area contributed by atoms with Gasteiger partial charge in [0.2, 0.25) is 5.95 Å². The lowest BCUT2D eigenvalue weighted by Crippen LogP contribution is -2.41. The van der Waals surface area contributed by atoms with Gasteiger partial charge in [-0.2, -0.15) is 0 Å². The number of rotatable bonds is 5. The Labute approximate surface area is 197 Å². The molecule has 5 rings (SSSR count). The summed E-state index contributed by atoms with van der Waals surface area (Å²) >= 11 is 0. The normalized spacial score (nSPS) is 20.5. The maximum atomic E-state index is 14.3. The van der Waals surface area contributed by atoms with Crippen LogP contribution in [0.3, 0.4) is 0 Å². The molecule has 2 fully saturated rings. The number of aromatic nitrogens is 3. The van der Waals surface area contributed by atoms with Crippen molar-refractivity contribution in [1.29, 1.82) is 0 Å². The van der Waals surface area contributed by atoms with Gasteiger partial charge in [-0.25, -0.2) is 9.37 Å². The number of benzene rings is 1. The first kappa shape index (κ1) is 22.5. The molecule has 0 aliphatic carbocycles. The molecule has 0 N–H and O–H groups in total. The van der Waals surface area contributed by atoms with Crippen LogP contribution in [0.4, 0.5) is 16.0 Å². The minimum Gasteiger partial charge on any atom is -0.379 e. The van der Waals surface area contributed by atoms with Crippen LogP contribution in [0.25, 0.3) is 11.3 Å². The van der Waals surface area contributed by atoms with Crippen LogP contribution in [0, 0.1) is 5.82 Å². The molecule has 0 radical (unpaired) electrons. The average molecular weight is 466 g/mol. The number of ether oxygens (including phenoxy) is 2. The summed E-state index contributed by atoms with van der Waals surface area (Å²) in [5.41, 5.74) is 2.51. The summed E-state index contributed by atoms with van der Waals surface area (Å²) in [4.78, 5) is 25.4. The molecule has 0 spiro atoms. The van der Waals surface area contributed by atoms with Gasteiger partial charge in [-0.15, -0.1) is 0 Å². The Morgan fingerprint density at radius 2 is 2.00 bits per heavy atom. The van der Waals surface area contributed by atoms with E-state index in [4.69, 9.17) is 9.47 Å². The van der Waals surface area contributed by atoms with Crippen molar-refractivity contribution in [3.63, 3.8) is 0 Å². The fourth-order valence-electron chi connectivity index (χ4n) is 4.53. The van der Waals surface area contributed by atoms with Crippen LogP contribution in [0.1, 0.15) is 18.1 Å². The van der Waals surface area contributed by atoms with Crippen LogP contribution in [0.15, 0.2) is 53.6 Å². The zero-order valence-electron chi connectivity index (χ0n) is 19.4. The number of morpholine rings is 1. The van der Waals surface area contributed by atoms with E-state index in [0.29, 0.717) is 37.4 Å². The lowest BCUT2D eigenvalue weighted by molar-refractivity contribution is 0.0390. The van der Waals surface area contributed by atoms with Gasteiger partial charge in [-0.05, 0) is 30.2 Å². The van der Waals surface area contributed by atoms with Crippen molar-refractivity contribution in [2.24, 2.45) is 7.05 Å². The molecule has 0 bridgehead atoms. The number of anilines is 2. The Balaban J connectivity index is 1.37. The number of likely N-dealkylation sites (N-methyl/N-ethyl adjacent to an activating group) is 1. The third-order valence-electron chi connectivity index (χ3n) is 6.63. The van der Waals surface area contributed by atoms with Crippen molar-refractivity contribution in [3.05, 3.63) is 70.5 Å². The van der Waals surface area contributed by atoms with E-state index in [1.807, 2.05) is 4.90 Å². The van der Waals surface area contributed by atoms with Crippen molar-refractivity contribution in [2.75, 3.05) is 49.8 Å². The number of pyridine rings is 1. The molecule has 2 aliphatic rings. The molecule has 0 unspecified atom stereocenters. The molecule has 0 saturated carbocycles. The molecular weight excluding hydrogens is 437 g/mol. The minimum absolute atomic E-state index is 0.166. The zero-order valence-corrected chi connectivity index (χ0v) is 19.4. The highest BCUT2D eigenvalue weighted by molar-refractivity contribution is 5.60. The molecule has 34 heavy (non-hydrogen) atoms. The second-order valence-electron chi connectivity index (χ2n) is 8.72. The standard InChI is InChI=1S/C25H28FN5O3/c1-29(19-8-11-33-16-19)18-5-3-17(4-6-18)23-15-31(10-12-34-23)25-28-22(13-24(32)30(25)2)20-7-9-27-14-21(20)26/h3-7,9,13-14,19,23H,8,10-12,15-16H2,1-2H3/t19-,23+/m0/s1. The highest BCUT2D eigenvalue weighted by Crippen LogP contribution is 2.29. The van der Waals surface area contributed by atoms with Crippen LogP contribution in [0.5, 0.6) is 0 Å². The van der Waals surface area contributed by atoms with Gasteiger partial charge in [0.1, 0.15) is 6.10 Å². The minimum atomic E-state index is -0.511. The molecule has 2 saturated heterocycles. The summed E-state index contributed by atoms with van der Waals surface area (Å²) in [5, 5.41) is 0. The van der Waals surface area contributed by atoms with Crippen LogP contribution in [-0.2, 0) is 16.5 Å². The Morgan fingerprint density at radius 3 is 2.74 bits per heavy atom. The molecular formula is C25H28FN5O3. The Bertz CT molecular complexity index is 1210. The summed E-state index contributed by atoms with van der Waals surface area (Å²) in [7, 11) is 3.77. The van der Waals surface area contributed by atoms with Gasteiger partial charge >= 0.3 is 0 Å². The van der Waals surface area contributed by atoms with E-state index < -0.39 is 5.82 Å². The third kappa shape index (κ3) is 4.41. The van der Waals surface area contributed by atoms with E-state index in [0.717, 1.165) is 37.1 Å². The van der Waals surface area contributed by atoms with E-state index in [1.165, 1.54) is 22.9 Å². The van der Waals surface area contributed by atoms with Gasteiger partial charge in [0.15, 0.2) is 5.82 Å².